The van der Waals surface area contributed by atoms with Crippen molar-refractivity contribution in [1.29, 1.82) is 0 Å². The van der Waals surface area contributed by atoms with E-state index in [0.717, 1.165) is 5.57 Å². The van der Waals surface area contributed by atoms with Crippen molar-refractivity contribution in [2.24, 2.45) is 0 Å². The van der Waals surface area contributed by atoms with Gasteiger partial charge in [-0.3, -0.25) is 0 Å². The number of benzene rings is 2. The lowest BCUT2D eigenvalue weighted by molar-refractivity contribution is 0.525. The summed E-state index contributed by atoms with van der Waals surface area (Å²) in [7, 11) is 4.13. The van der Waals surface area contributed by atoms with Crippen molar-refractivity contribution in [1.82, 2.24) is 0 Å². The Morgan fingerprint density at radius 1 is 0.649 bits per heavy atom. The Labute approximate surface area is 230 Å². The summed E-state index contributed by atoms with van der Waals surface area (Å²) in [6.07, 6.45) is 22.6. The third kappa shape index (κ3) is 13.2. The monoisotopic (exact) mass is 504 g/mol. The van der Waals surface area contributed by atoms with E-state index in [0.29, 0.717) is 6.04 Å². The Hall–Kier alpha value is -2.22. The van der Waals surface area contributed by atoms with Crippen molar-refractivity contribution in [3.63, 3.8) is 0 Å². The minimum Gasteiger partial charge on any atom is -0.383 e. The molecule has 0 saturated heterocycles. The third-order valence-corrected chi connectivity index (χ3v) is 7.62. The summed E-state index contributed by atoms with van der Waals surface area (Å²) in [6.45, 7) is 8.94. The summed E-state index contributed by atoms with van der Waals surface area (Å²) in [6, 6.07) is 17.9. The van der Waals surface area contributed by atoms with Gasteiger partial charge in [-0.2, -0.15) is 0 Å². The molecule has 0 aromatic heterocycles. The zero-order chi connectivity index (χ0) is 26.7. The van der Waals surface area contributed by atoms with Crippen LogP contribution in [-0.4, -0.2) is 20.1 Å². The van der Waals surface area contributed by atoms with Crippen molar-refractivity contribution in [3.8, 4) is 0 Å². The summed E-state index contributed by atoms with van der Waals surface area (Å²) in [5.74, 6) is 0. The van der Waals surface area contributed by atoms with Crippen molar-refractivity contribution in [2.45, 2.75) is 123 Å². The topological polar surface area (TPSA) is 15.3 Å². The largest absolute Gasteiger partial charge is 0.383 e. The Bertz CT molecular complexity index is 835. The molecule has 2 aromatic rings. The minimum absolute atomic E-state index is 0.509. The van der Waals surface area contributed by atoms with Gasteiger partial charge in [0.05, 0.1) is 0 Å². The van der Waals surface area contributed by atoms with Crippen LogP contribution < -0.4 is 10.2 Å². The highest BCUT2D eigenvalue weighted by Crippen LogP contribution is 2.25. The maximum absolute atomic E-state index is 4.33. The summed E-state index contributed by atoms with van der Waals surface area (Å²) in [4.78, 5) is 2.12. The molecule has 0 fully saturated rings. The van der Waals surface area contributed by atoms with Gasteiger partial charge in [0.25, 0.3) is 0 Å². The second kappa shape index (κ2) is 18.9. The van der Waals surface area contributed by atoms with E-state index in [1.54, 1.807) is 0 Å². The fourth-order valence-corrected chi connectivity index (χ4v) is 5.07. The SMILES string of the molecule is C=C(c1ccc(NC(C)CCCCCCCCCCCCCCCCC)cc1)c1ccc(N(C)C)cc1. The lowest BCUT2D eigenvalue weighted by Crippen LogP contribution is -2.14. The predicted octanol–water partition coefficient (Wildman–Crippen LogP) is 10.9. The molecule has 1 atom stereocenters. The van der Waals surface area contributed by atoms with Crippen LogP contribution in [0.15, 0.2) is 55.1 Å². The molecule has 0 spiro atoms. The van der Waals surface area contributed by atoms with Gasteiger partial charge in [0.2, 0.25) is 0 Å². The van der Waals surface area contributed by atoms with Crippen molar-refractivity contribution in [2.75, 3.05) is 24.3 Å². The highest BCUT2D eigenvalue weighted by Gasteiger charge is 2.06. The Kier molecular flexibility index (Phi) is 15.9. The van der Waals surface area contributed by atoms with E-state index in [1.165, 1.54) is 125 Å². The van der Waals surface area contributed by atoms with Crippen LogP contribution in [0.1, 0.15) is 128 Å². The molecule has 1 unspecified atom stereocenters. The summed E-state index contributed by atoms with van der Waals surface area (Å²) >= 11 is 0. The van der Waals surface area contributed by atoms with E-state index < -0.39 is 0 Å². The van der Waals surface area contributed by atoms with Gasteiger partial charge in [-0.1, -0.05) is 134 Å². The molecule has 0 bridgehead atoms. The van der Waals surface area contributed by atoms with Crippen LogP contribution >= 0.6 is 0 Å². The molecule has 0 radical (unpaired) electrons. The molecule has 2 rings (SSSR count). The van der Waals surface area contributed by atoms with Gasteiger partial charge in [0.1, 0.15) is 0 Å². The first kappa shape index (κ1) is 31.0. The van der Waals surface area contributed by atoms with Gasteiger partial charge in [-0.25, -0.2) is 0 Å². The number of nitrogens with one attached hydrogen (secondary N) is 1. The van der Waals surface area contributed by atoms with Gasteiger partial charge in [-0.15, -0.1) is 0 Å². The molecule has 206 valence electrons. The van der Waals surface area contributed by atoms with Crippen LogP contribution in [0.25, 0.3) is 5.57 Å². The first-order chi connectivity index (χ1) is 18.0. The minimum atomic E-state index is 0.509. The third-order valence-electron chi connectivity index (χ3n) is 7.62. The van der Waals surface area contributed by atoms with Crippen LogP contribution in [0.4, 0.5) is 11.4 Å². The highest BCUT2D eigenvalue weighted by atomic mass is 15.1. The molecule has 0 aliphatic rings. The summed E-state index contributed by atoms with van der Waals surface area (Å²) in [5, 5.41) is 3.68. The van der Waals surface area contributed by atoms with E-state index in [9.17, 15) is 0 Å². The van der Waals surface area contributed by atoms with E-state index in [1.807, 2.05) is 0 Å². The van der Waals surface area contributed by atoms with Crippen LogP contribution in [-0.2, 0) is 0 Å². The van der Waals surface area contributed by atoms with Gasteiger partial charge in [0.15, 0.2) is 0 Å². The van der Waals surface area contributed by atoms with E-state index in [-0.39, 0.29) is 0 Å². The number of rotatable bonds is 21. The normalized spacial score (nSPS) is 11.9. The second-order valence-electron chi connectivity index (χ2n) is 11.3. The van der Waals surface area contributed by atoms with Gasteiger partial charge < -0.3 is 10.2 Å². The quantitative estimate of drug-likeness (QED) is 0.170. The lowest BCUT2D eigenvalue weighted by atomic mass is 9.99. The molecule has 2 nitrogen and oxygen atoms in total. The molecule has 0 heterocycles. The predicted molar refractivity (Wildman–Crippen MR) is 168 cm³/mol. The van der Waals surface area contributed by atoms with Crippen LogP contribution in [0.2, 0.25) is 0 Å². The van der Waals surface area contributed by atoms with Crippen molar-refractivity contribution >= 4 is 16.9 Å². The highest BCUT2D eigenvalue weighted by molar-refractivity contribution is 5.79. The Balaban J connectivity index is 1.50. The number of anilines is 2. The fraction of sp³-hybridized carbons (Fsp3) is 0.600. The molecule has 0 amide bonds. The molecule has 2 heteroatoms. The molecular formula is C35H56N2. The number of hydrogen-bond acceptors (Lipinski definition) is 2. The fourth-order valence-electron chi connectivity index (χ4n) is 5.07. The molecular weight excluding hydrogens is 448 g/mol. The van der Waals surface area contributed by atoms with Crippen LogP contribution in [0.5, 0.6) is 0 Å². The van der Waals surface area contributed by atoms with Crippen LogP contribution in [0, 0.1) is 0 Å². The molecule has 0 aliphatic heterocycles. The molecule has 0 aliphatic carbocycles. The molecule has 2 aromatic carbocycles. The van der Waals surface area contributed by atoms with E-state index >= 15 is 0 Å². The number of hydrogen-bond donors (Lipinski definition) is 1. The lowest BCUT2D eigenvalue weighted by Gasteiger charge is -2.16. The average Bonchev–Trinajstić information content (AvgIpc) is 2.91. The Morgan fingerprint density at radius 3 is 1.49 bits per heavy atom. The zero-order valence-corrected chi connectivity index (χ0v) is 24.7. The standard InChI is InChI=1S/C35H56N2/c1-6-7-8-9-10-11-12-13-14-15-16-17-18-19-20-21-30(2)36-34-26-22-32(23-27-34)31(3)33-24-28-35(29-25-33)37(4)5/h22-30,36H,3,6-21H2,1-2,4-5H3. The Morgan fingerprint density at radius 2 is 1.05 bits per heavy atom. The van der Waals surface area contributed by atoms with Gasteiger partial charge in [0, 0.05) is 31.5 Å². The number of unbranched alkanes of at least 4 members (excludes halogenated alkanes) is 14. The zero-order valence-electron chi connectivity index (χ0n) is 24.7. The molecule has 0 saturated carbocycles. The van der Waals surface area contributed by atoms with Gasteiger partial charge in [-0.05, 0) is 54.3 Å². The van der Waals surface area contributed by atoms with E-state index in [4.69, 9.17) is 0 Å². The van der Waals surface area contributed by atoms with Gasteiger partial charge >= 0.3 is 0 Å². The van der Waals surface area contributed by atoms with Crippen LogP contribution in [0.3, 0.4) is 0 Å². The van der Waals surface area contributed by atoms with Crippen molar-refractivity contribution in [3.05, 3.63) is 66.2 Å². The molecule has 1 N–H and O–H groups in total. The maximum Gasteiger partial charge on any atom is 0.0361 e. The van der Waals surface area contributed by atoms with Crippen molar-refractivity contribution < 1.29 is 0 Å². The maximum atomic E-state index is 4.33. The molecule has 37 heavy (non-hydrogen) atoms. The summed E-state index contributed by atoms with van der Waals surface area (Å²) in [5.41, 5.74) is 5.83. The first-order valence-electron chi connectivity index (χ1n) is 15.3. The first-order valence-corrected chi connectivity index (χ1v) is 15.3. The number of nitrogens with zero attached hydrogens (tertiary/aromatic N) is 1. The van der Waals surface area contributed by atoms with E-state index in [2.05, 4.69) is 93.3 Å². The average molecular weight is 505 g/mol. The smallest absolute Gasteiger partial charge is 0.0361 e. The summed E-state index contributed by atoms with van der Waals surface area (Å²) < 4.78 is 0. The second-order valence-corrected chi connectivity index (χ2v) is 11.3.